The van der Waals surface area contributed by atoms with Gasteiger partial charge in [-0.25, -0.2) is 4.79 Å². The topological polar surface area (TPSA) is 125 Å². The number of aliphatic hydroxyl groups is 1. The van der Waals surface area contributed by atoms with E-state index in [1.165, 1.54) is 13.8 Å². The van der Waals surface area contributed by atoms with Crippen LogP contribution in [0.5, 0.6) is 0 Å². The van der Waals surface area contributed by atoms with Crippen molar-refractivity contribution in [1.82, 2.24) is 0 Å². The summed E-state index contributed by atoms with van der Waals surface area (Å²) in [5.74, 6) is -1.92. The molecule has 0 saturated carbocycles. The number of aliphatic hydroxyl groups excluding tert-OH is 1. The average molecular weight is 424 g/mol. The third-order valence-electron chi connectivity index (χ3n) is 4.71. The van der Waals surface area contributed by atoms with Gasteiger partial charge in [-0.2, -0.15) is 0 Å². The lowest BCUT2D eigenvalue weighted by Gasteiger charge is -2.28. The molecular formula is C24H28N2O5. The lowest BCUT2D eigenvalue weighted by Crippen LogP contribution is -2.43. The van der Waals surface area contributed by atoms with Crippen molar-refractivity contribution in [3.05, 3.63) is 83.9 Å². The van der Waals surface area contributed by atoms with E-state index in [1.54, 1.807) is 60.7 Å². The van der Waals surface area contributed by atoms with Gasteiger partial charge in [-0.05, 0) is 25.0 Å². The number of carbonyl (C=O) groups is 2. The lowest BCUT2D eigenvalue weighted by atomic mass is 10.0. The highest BCUT2D eigenvalue weighted by Gasteiger charge is 2.33. The number of benzene rings is 2. The van der Waals surface area contributed by atoms with Crippen LogP contribution in [0.4, 0.5) is 0 Å². The Balaban J connectivity index is 1.98. The van der Waals surface area contributed by atoms with E-state index in [0.717, 1.165) is 11.1 Å². The minimum atomic E-state index is -1.76. The summed E-state index contributed by atoms with van der Waals surface area (Å²) in [5.41, 5.74) is 12.0. The Labute approximate surface area is 182 Å². The predicted octanol–water partition coefficient (Wildman–Crippen LogP) is 2.77. The van der Waals surface area contributed by atoms with E-state index in [4.69, 9.17) is 20.9 Å². The van der Waals surface area contributed by atoms with Crippen LogP contribution in [0.25, 0.3) is 12.2 Å². The van der Waals surface area contributed by atoms with Gasteiger partial charge in [-0.15, -0.1) is 0 Å². The van der Waals surface area contributed by atoms with Crippen molar-refractivity contribution in [2.24, 2.45) is 11.5 Å². The normalized spacial score (nSPS) is 15.6. The maximum absolute atomic E-state index is 12.3. The summed E-state index contributed by atoms with van der Waals surface area (Å²) >= 11 is 0. The number of ether oxygens (including phenoxy) is 2. The molecule has 31 heavy (non-hydrogen) atoms. The summed E-state index contributed by atoms with van der Waals surface area (Å²) in [7, 11) is 0. The average Bonchev–Trinajstić information content (AvgIpc) is 2.73. The maximum atomic E-state index is 12.3. The molecule has 1 unspecified atom stereocenters. The lowest BCUT2D eigenvalue weighted by molar-refractivity contribution is -0.176. The minimum Gasteiger partial charge on any atom is -0.440 e. The third-order valence-corrected chi connectivity index (χ3v) is 4.71. The molecule has 0 aliphatic carbocycles. The Bertz CT molecular complexity index is 947. The van der Waals surface area contributed by atoms with E-state index in [9.17, 15) is 14.7 Å². The van der Waals surface area contributed by atoms with E-state index in [1.807, 2.05) is 0 Å². The second-order valence-corrected chi connectivity index (χ2v) is 7.48. The van der Waals surface area contributed by atoms with Gasteiger partial charge in [0, 0.05) is 11.1 Å². The molecule has 7 heteroatoms. The second-order valence-electron chi connectivity index (χ2n) is 7.48. The molecule has 3 atom stereocenters. The van der Waals surface area contributed by atoms with Crippen molar-refractivity contribution < 1.29 is 24.2 Å². The smallest absolute Gasteiger partial charge is 0.337 e. The van der Waals surface area contributed by atoms with Crippen LogP contribution in [0.15, 0.2) is 61.7 Å². The molecule has 5 N–H and O–H groups in total. The van der Waals surface area contributed by atoms with E-state index in [-0.39, 0.29) is 0 Å². The Morgan fingerprint density at radius 2 is 1.29 bits per heavy atom. The Morgan fingerprint density at radius 1 is 0.903 bits per heavy atom. The summed E-state index contributed by atoms with van der Waals surface area (Å²) in [5, 5.41) is 10.1. The van der Waals surface area contributed by atoms with Gasteiger partial charge in [-0.3, -0.25) is 16.3 Å². The summed E-state index contributed by atoms with van der Waals surface area (Å²) < 4.78 is 10.5. The van der Waals surface area contributed by atoms with Crippen LogP contribution >= 0.6 is 0 Å². The molecule has 0 radical (unpaired) electrons. The first-order valence-corrected chi connectivity index (χ1v) is 9.65. The Kier molecular flexibility index (Phi) is 7.51. The molecule has 2 rings (SSSR count). The van der Waals surface area contributed by atoms with Crippen LogP contribution < -0.4 is 11.5 Å². The quantitative estimate of drug-likeness (QED) is 0.417. The molecule has 7 nitrogen and oxygen atoms in total. The van der Waals surface area contributed by atoms with Crippen molar-refractivity contribution in [3.63, 3.8) is 0 Å². The fourth-order valence-corrected chi connectivity index (χ4v) is 2.81. The van der Waals surface area contributed by atoms with Gasteiger partial charge in [0.15, 0.2) is 17.6 Å². The number of nitrogens with two attached hydrogens (primary N) is 2. The third kappa shape index (κ3) is 6.36. The van der Waals surface area contributed by atoms with E-state index >= 15 is 0 Å². The summed E-state index contributed by atoms with van der Waals surface area (Å²) in [6, 6.07) is 13.8. The SMILES string of the molecule is C=Cc1ccc([C@@](C)(N)OC(=O)CC(O)C(=O)O[C@](C)(N)c2ccc(C=C)cc2)cc1. The zero-order chi connectivity index (χ0) is 23.2. The molecule has 0 bridgehead atoms. The van der Waals surface area contributed by atoms with Crippen LogP contribution in [0.3, 0.4) is 0 Å². The number of hydrogen-bond acceptors (Lipinski definition) is 7. The first-order chi connectivity index (χ1) is 14.5. The van der Waals surface area contributed by atoms with E-state index < -0.39 is 35.9 Å². The van der Waals surface area contributed by atoms with Crippen LogP contribution in [0.1, 0.15) is 42.5 Å². The molecule has 0 amide bonds. The van der Waals surface area contributed by atoms with Crippen LogP contribution in [-0.2, 0) is 30.5 Å². The highest BCUT2D eigenvalue weighted by Crippen LogP contribution is 2.23. The summed E-state index contributed by atoms with van der Waals surface area (Å²) in [6.45, 7) is 10.3. The van der Waals surface area contributed by atoms with E-state index in [2.05, 4.69) is 13.2 Å². The standard InChI is InChI=1S/C24H28N2O5/c1-5-16-7-11-18(12-8-16)23(3,25)30-21(28)15-20(27)22(29)31-24(4,26)19-13-9-17(6-2)10-14-19/h5-14,20,27H,1-2,15,25-26H2,3-4H3/t20?,23-,24-/m0/s1. The van der Waals surface area contributed by atoms with Gasteiger partial charge < -0.3 is 14.6 Å². The zero-order valence-corrected chi connectivity index (χ0v) is 17.7. The Hall–Kier alpha value is -3.26. The molecule has 0 aliphatic heterocycles. The molecule has 0 fully saturated rings. The molecule has 2 aromatic rings. The van der Waals surface area contributed by atoms with E-state index in [0.29, 0.717) is 11.1 Å². The molecule has 2 aromatic carbocycles. The number of esters is 2. The number of carbonyl (C=O) groups excluding carboxylic acids is 2. The fourth-order valence-electron chi connectivity index (χ4n) is 2.81. The molecule has 0 aromatic heterocycles. The van der Waals surface area contributed by atoms with Crippen LogP contribution in [0.2, 0.25) is 0 Å². The van der Waals surface area contributed by atoms with Crippen molar-refractivity contribution in [2.75, 3.05) is 0 Å². The van der Waals surface area contributed by atoms with Gasteiger partial charge in [0.05, 0.1) is 6.42 Å². The maximum Gasteiger partial charge on any atom is 0.337 e. The molecule has 0 heterocycles. The van der Waals surface area contributed by atoms with Crippen molar-refractivity contribution >= 4 is 24.1 Å². The van der Waals surface area contributed by atoms with Crippen LogP contribution in [-0.4, -0.2) is 23.1 Å². The van der Waals surface area contributed by atoms with Gasteiger partial charge in [0.1, 0.15) is 0 Å². The molecule has 164 valence electrons. The zero-order valence-electron chi connectivity index (χ0n) is 17.7. The van der Waals surface area contributed by atoms with Gasteiger partial charge >= 0.3 is 11.9 Å². The Morgan fingerprint density at radius 3 is 1.68 bits per heavy atom. The fraction of sp³-hybridized carbons (Fsp3) is 0.250. The molecule has 0 spiro atoms. The summed E-state index contributed by atoms with van der Waals surface area (Å²) in [6.07, 6.45) is 0.937. The highest BCUT2D eigenvalue weighted by atomic mass is 16.6. The molecule has 0 saturated heterocycles. The highest BCUT2D eigenvalue weighted by molar-refractivity contribution is 5.82. The summed E-state index contributed by atoms with van der Waals surface area (Å²) in [4.78, 5) is 24.5. The first-order valence-electron chi connectivity index (χ1n) is 9.65. The van der Waals surface area contributed by atoms with Gasteiger partial charge in [-0.1, -0.05) is 73.8 Å². The van der Waals surface area contributed by atoms with Crippen LogP contribution in [0, 0.1) is 0 Å². The second kappa shape index (κ2) is 9.70. The molecular weight excluding hydrogens is 396 g/mol. The van der Waals surface area contributed by atoms with Gasteiger partial charge in [0.25, 0.3) is 0 Å². The van der Waals surface area contributed by atoms with Gasteiger partial charge in [0.2, 0.25) is 0 Å². The van der Waals surface area contributed by atoms with Crippen molar-refractivity contribution in [3.8, 4) is 0 Å². The van der Waals surface area contributed by atoms with Crippen molar-refractivity contribution in [2.45, 2.75) is 37.8 Å². The van der Waals surface area contributed by atoms with Crippen molar-refractivity contribution in [1.29, 1.82) is 0 Å². The minimum absolute atomic E-state index is 0.513. The number of rotatable bonds is 9. The predicted molar refractivity (Wildman–Crippen MR) is 119 cm³/mol. The largest absolute Gasteiger partial charge is 0.440 e. The monoisotopic (exact) mass is 424 g/mol. The number of hydrogen-bond donors (Lipinski definition) is 3. The first kappa shape index (κ1) is 24.0. The molecule has 0 aliphatic rings.